The molecule has 2 aromatic rings. The summed E-state index contributed by atoms with van der Waals surface area (Å²) in [6, 6.07) is 16.7. The lowest BCUT2D eigenvalue weighted by molar-refractivity contribution is -0.126. The Morgan fingerprint density at radius 2 is 1.79 bits per heavy atom. The fourth-order valence-electron chi connectivity index (χ4n) is 3.02. The van der Waals surface area contributed by atoms with Gasteiger partial charge in [0.25, 0.3) is 5.91 Å². The van der Waals surface area contributed by atoms with E-state index in [-0.39, 0.29) is 17.9 Å². The van der Waals surface area contributed by atoms with E-state index < -0.39 is 6.04 Å². The summed E-state index contributed by atoms with van der Waals surface area (Å²) in [5, 5.41) is 3.02. The molecular formula is C20H22N2O2. The molecule has 2 aromatic carbocycles. The maximum Gasteiger partial charge on any atom is 0.255 e. The lowest BCUT2D eigenvalue weighted by Crippen LogP contribution is -2.42. The SMILES string of the molecule is CC[C@H](C)NC(=O)[C@@H]1c2ccccc2C(=O)N1Cc1ccccc1. The molecule has 2 amide bonds. The molecule has 24 heavy (non-hydrogen) atoms. The molecule has 4 heteroatoms. The first kappa shape index (κ1) is 16.2. The normalized spacial score (nSPS) is 17.5. The minimum Gasteiger partial charge on any atom is -0.352 e. The van der Waals surface area contributed by atoms with E-state index in [1.165, 1.54) is 0 Å². The topological polar surface area (TPSA) is 49.4 Å². The average molecular weight is 322 g/mol. The minimum atomic E-state index is -0.567. The summed E-state index contributed by atoms with van der Waals surface area (Å²) >= 11 is 0. The predicted molar refractivity (Wildman–Crippen MR) is 93.4 cm³/mol. The monoisotopic (exact) mass is 322 g/mol. The highest BCUT2D eigenvalue weighted by molar-refractivity contribution is 6.04. The first-order valence-electron chi connectivity index (χ1n) is 8.36. The second-order valence-electron chi connectivity index (χ2n) is 6.23. The highest BCUT2D eigenvalue weighted by Gasteiger charge is 2.40. The van der Waals surface area contributed by atoms with Crippen molar-refractivity contribution >= 4 is 11.8 Å². The number of nitrogens with one attached hydrogen (secondary N) is 1. The lowest BCUT2D eigenvalue weighted by Gasteiger charge is -2.26. The number of hydrogen-bond acceptors (Lipinski definition) is 2. The first-order chi connectivity index (χ1) is 11.6. The molecule has 0 fully saturated rings. The third-order valence-electron chi connectivity index (χ3n) is 4.50. The highest BCUT2D eigenvalue weighted by Crippen LogP contribution is 2.35. The van der Waals surface area contributed by atoms with Crippen molar-refractivity contribution in [3.63, 3.8) is 0 Å². The van der Waals surface area contributed by atoms with Crippen molar-refractivity contribution in [2.75, 3.05) is 0 Å². The van der Waals surface area contributed by atoms with Gasteiger partial charge in [-0.1, -0.05) is 55.5 Å². The van der Waals surface area contributed by atoms with Gasteiger partial charge in [0.15, 0.2) is 0 Å². The molecular weight excluding hydrogens is 300 g/mol. The molecule has 1 aliphatic rings. The van der Waals surface area contributed by atoms with Crippen LogP contribution in [0.2, 0.25) is 0 Å². The molecule has 0 aliphatic carbocycles. The van der Waals surface area contributed by atoms with Gasteiger partial charge in [0.05, 0.1) is 0 Å². The standard InChI is InChI=1S/C20H22N2O2/c1-3-14(2)21-19(23)18-16-11-7-8-12-17(16)20(24)22(18)13-15-9-5-4-6-10-15/h4-12,14,18H,3,13H2,1-2H3,(H,21,23)/t14-,18-/m0/s1. The third kappa shape index (κ3) is 3.04. The first-order valence-corrected chi connectivity index (χ1v) is 8.36. The number of rotatable bonds is 5. The van der Waals surface area contributed by atoms with Crippen molar-refractivity contribution in [2.24, 2.45) is 0 Å². The van der Waals surface area contributed by atoms with Gasteiger partial charge < -0.3 is 10.2 Å². The summed E-state index contributed by atoms with van der Waals surface area (Å²) in [5.74, 6) is -0.197. The van der Waals surface area contributed by atoms with E-state index >= 15 is 0 Å². The summed E-state index contributed by atoms with van der Waals surface area (Å²) in [6.07, 6.45) is 0.854. The van der Waals surface area contributed by atoms with Crippen molar-refractivity contribution in [1.29, 1.82) is 0 Å². The molecule has 4 nitrogen and oxygen atoms in total. The molecule has 1 heterocycles. The molecule has 3 rings (SSSR count). The second-order valence-corrected chi connectivity index (χ2v) is 6.23. The van der Waals surface area contributed by atoms with Crippen LogP contribution in [0.5, 0.6) is 0 Å². The zero-order valence-corrected chi connectivity index (χ0v) is 14.0. The molecule has 0 saturated heterocycles. The van der Waals surface area contributed by atoms with Gasteiger partial charge in [-0.05, 0) is 30.5 Å². The number of fused-ring (bicyclic) bond motifs is 1. The van der Waals surface area contributed by atoms with Crippen LogP contribution in [0.1, 0.15) is 47.8 Å². The Bertz CT molecular complexity index is 742. The third-order valence-corrected chi connectivity index (χ3v) is 4.50. The Hall–Kier alpha value is -2.62. The maximum absolute atomic E-state index is 12.8. The van der Waals surface area contributed by atoms with Gasteiger partial charge in [-0.25, -0.2) is 0 Å². The lowest BCUT2D eigenvalue weighted by atomic mass is 10.0. The Morgan fingerprint density at radius 3 is 2.50 bits per heavy atom. The van der Waals surface area contributed by atoms with Gasteiger partial charge in [0.1, 0.15) is 6.04 Å². The molecule has 0 aromatic heterocycles. The number of amides is 2. The molecule has 1 N–H and O–H groups in total. The van der Waals surface area contributed by atoms with Crippen molar-refractivity contribution in [2.45, 2.75) is 38.9 Å². The van der Waals surface area contributed by atoms with Crippen LogP contribution in [0.15, 0.2) is 54.6 Å². The van der Waals surface area contributed by atoms with E-state index in [4.69, 9.17) is 0 Å². The van der Waals surface area contributed by atoms with Gasteiger partial charge in [-0.3, -0.25) is 9.59 Å². The van der Waals surface area contributed by atoms with Gasteiger partial charge in [-0.2, -0.15) is 0 Å². The molecule has 0 radical (unpaired) electrons. The highest BCUT2D eigenvalue weighted by atomic mass is 16.2. The van der Waals surface area contributed by atoms with Crippen LogP contribution < -0.4 is 5.32 Å². The van der Waals surface area contributed by atoms with Crippen molar-refractivity contribution in [3.05, 3.63) is 71.3 Å². The largest absolute Gasteiger partial charge is 0.352 e. The second kappa shape index (κ2) is 6.87. The number of carbonyl (C=O) groups is 2. The average Bonchev–Trinajstić information content (AvgIpc) is 2.88. The van der Waals surface area contributed by atoms with Crippen LogP contribution in [-0.4, -0.2) is 22.8 Å². The Morgan fingerprint density at radius 1 is 1.12 bits per heavy atom. The van der Waals surface area contributed by atoms with Crippen LogP contribution in [0.3, 0.4) is 0 Å². The summed E-state index contributed by atoms with van der Waals surface area (Å²) in [4.78, 5) is 27.3. The molecule has 0 saturated carbocycles. The summed E-state index contributed by atoms with van der Waals surface area (Å²) < 4.78 is 0. The van der Waals surface area contributed by atoms with Crippen molar-refractivity contribution in [3.8, 4) is 0 Å². The summed E-state index contributed by atoms with van der Waals surface area (Å²) in [6.45, 7) is 4.43. The van der Waals surface area contributed by atoms with Gasteiger partial charge in [0, 0.05) is 18.2 Å². The van der Waals surface area contributed by atoms with Crippen LogP contribution in [0.25, 0.3) is 0 Å². The van der Waals surface area contributed by atoms with E-state index in [0.717, 1.165) is 17.5 Å². The summed E-state index contributed by atoms with van der Waals surface area (Å²) in [5.41, 5.74) is 2.43. The van der Waals surface area contributed by atoms with E-state index in [2.05, 4.69) is 5.32 Å². The number of nitrogens with zero attached hydrogens (tertiary/aromatic N) is 1. The molecule has 0 bridgehead atoms. The van der Waals surface area contributed by atoms with Crippen molar-refractivity contribution in [1.82, 2.24) is 10.2 Å². The molecule has 124 valence electrons. The van der Waals surface area contributed by atoms with Crippen molar-refractivity contribution < 1.29 is 9.59 Å². The molecule has 0 unspecified atom stereocenters. The number of benzene rings is 2. The Kier molecular flexibility index (Phi) is 4.65. The van der Waals surface area contributed by atoms with Crippen LogP contribution in [0, 0.1) is 0 Å². The fourth-order valence-corrected chi connectivity index (χ4v) is 3.02. The zero-order chi connectivity index (χ0) is 17.1. The van der Waals surface area contributed by atoms with E-state index in [9.17, 15) is 9.59 Å². The van der Waals surface area contributed by atoms with E-state index in [0.29, 0.717) is 12.1 Å². The van der Waals surface area contributed by atoms with Crippen LogP contribution in [0.4, 0.5) is 0 Å². The van der Waals surface area contributed by atoms with Gasteiger partial charge >= 0.3 is 0 Å². The summed E-state index contributed by atoms with van der Waals surface area (Å²) in [7, 11) is 0. The number of hydrogen-bond donors (Lipinski definition) is 1. The zero-order valence-electron chi connectivity index (χ0n) is 14.0. The van der Waals surface area contributed by atoms with Gasteiger partial charge in [-0.15, -0.1) is 0 Å². The minimum absolute atomic E-state index is 0.0824. The van der Waals surface area contributed by atoms with Gasteiger partial charge in [0.2, 0.25) is 5.91 Å². The Labute approximate surface area is 142 Å². The molecule has 1 aliphatic heterocycles. The Balaban J connectivity index is 1.93. The van der Waals surface area contributed by atoms with Crippen LogP contribution in [-0.2, 0) is 11.3 Å². The molecule has 0 spiro atoms. The fraction of sp³-hybridized carbons (Fsp3) is 0.300. The van der Waals surface area contributed by atoms with Crippen LogP contribution >= 0.6 is 0 Å². The smallest absolute Gasteiger partial charge is 0.255 e. The molecule has 2 atom stereocenters. The maximum atomic E-state index is 12.8. The van der Waals surface area contributed by atoms with E-state index in [1.807, 2.05) is 62.4 Å². The number of carbonyl (C=O) groups excluding carboxylic acids is 2. The predicted octanol–water partition coefficient (Wildman–Crippen LogP) is 3.30. The quantitative estimate of drug-likeness (QED) is 0.918. The van der Waals surface area contributed by atoms with E-state index in [1.54, 1.807) is 11.0 Å².